The van der Waals surface area contributed by atoms with E-state index in [1.165, 1.54) is 0 Å². The van der Waals surface area contributed by atoms with Gasteiger partial charge in [-0.25, -0.2) is 9.67 Å². The van der Waals surface area contributed by atoms with Crippen molar-refractivity contribution >= 4 is 11.7 Å². The zero-order valence-electron chi connectivity index (χ0n) is 18.7. The number of pyridine rings is 1. The normalized spacial score (nSPS) is 11.4. The summed E-state index contributed by atoms with van der Waals surface area (Å²) in [5.41, 5.74) is 2.21. The van der Waals surface area contributed by atoms with Gasteiger partial charge in [0.05, 0.1) is 24.2 Å². The molecule has 0 bridgehead atoms. The molecule has 0 spiro atoms. The zero-order chi connectivity index (χ0) is 22.9. The van der Waals surface area contributed by atoms with E-state index in [4.69, 9.17) is 4.74 Å². The molecule has 0 saturated carbocycles. The largest absolute Gasteiger partial charge is 0.497 e. The Morgan fingerprint density at radius 1 is 1.06 bits per heavy atom. The summed E-state index contributed by atoms with van der Waals surface area (Å²) in [4.78, 5) is 17.5. The van der Waals surface area contributed by atoms with Gasteiger partial charge in [-0.2, -0.15) is 9.78 Å². The number of hydrogen-bond acceptors (Lipinski definition) is 6. The molecule has 3 aromatic heterocycles. The van der Waals surface area contributed by atoms with Gasteiger partial charge in [0.2, 0.25) is 0 Å². The van der Waals surface area contributed by atoms with E-state index in [1.54, 1.807) is 29.6 Å². The summed E-state index contributed by atoms with van der Waals surface area (Å²) in [6, 6.07) is 14.8. The van der Waals surface area contributed by atoms with Crippen molar-refractivity contribution in [2.24, 2.45) is 0 Å². The third-order valence-corrected chi connectivity index (χ3v) is 4.99. The summed E-state index contributed by atoms with van der Waals surface area (Å²) in [6.45, 7) is 7.99. The molecule has 0 aliphatic carbocycles. The van der Waals surface area contributed by atoms with Gasteiger partial charge in [-0.05, 0) is 31.2 Å². The third kappa shape index (κ3) is 4.09. The van der Waals surface area contributed by atoms with E-state index >= 15 is 0 Å². The number of aromatic nitrogens is 6. The van der Waals surface area contributed by atoms with E-state index in [2.05, 4.69) is 46.5 Å². The van der Waals surface area contributed by atoms with Gasteiger partial charge >= 0.3 is 0 Å². The molecule has 3 heterocycles. The van der Waals surface area contributed by atoms with Crippen LogP contribution in [-0.2, 0) is 5.41 Å². The minimum absolute atomic E-state index is 0.203. The summed E-state index contributed by atoms with van der Waals surface area (Å²) < 4.78 is 8.51. The summed E-state index contributed by atoms with van der Waals surface area (Å²) in [6.07, 6.45) is 1.68. The first-order valence-electron chi connectivity index (χ1n) is 10.2. The van der Waals surface area contributed by atoms with Crippen LogP contribution in [0.5, 0.6) is 5.75 Å². The molecule has 1 N–H and O–H groups in total. The molecule has 9 heteroatoms. The molecule has 0 saturated heterocycles. The van der Waals surface area contributed by atoms with E-state index in [-0.39, 0.29) is 17.0 Å². The number of carbonyl (C=O) groups excluding carboxylic acids is 1. The van der Waals surface area contributed by atoms with Gasteiger partial charge in [0.15, 0.2) is 11.5 Å². The molecule has 9 nitrogen and oxygen atoms in total. The third-order valence-electron chi connectivity index (χ3n) is 4.99. The van der Waals surface area contributed by atoms with E-state index in [0.29, 0.717) is 23.1 Å². The lowest BCUT2D eigenvalue weighted by atomic mass is 9.92. The highest BCUT2D eigenvalue weighted by molar-refractivity contribution is 6.03. The molecule has 0 fully saturated rings. The second kappa shape index (κ2) is 8.26. The minimum Gasteiger partial charge on any atom is -0.497 e. The van der Waals surface area contributed by atoms with Crippen LogP contribution in [0.4, 0.5) is 5.82 Å². The average Bonchev–Trinajstić information content (AvgIpc) is 3.38. The Kier molecular flexibility index (Phi) is 5.48. The molecule has 1 aromatic carbocycles. The van der Waals surface area contributed by atoms with Crippen LogP contribution in [0.15, 0.2) is 54.7 Å². The molecule has 32 heavy (non-hydrogen) atoms. The van der Waals surface area contributed by atoms with Crippen LogP contribution in [0.2, 0.25) is 0 Å². The smallest absolute Gasteiger partial charge is 0.279 e. The van der Waals surface area contributed by atoms with E-state index in [9.17, 15) is 4.79 Å². The van der Waals surface area contributed by atoms with Gasteiger partial charge in [-0.1, -0.05) is 38.1 Å². The Morgan fingerprint density at radius 3 is 2.56 bits per heavy atom. The van der Waals surface area contributed by atoms with Crippen molar-refractivity contribution in [1.82, 2.24) is 29.8 Å². The highest BCUT2D eigenvalue weighted by Gasteiger charge is 2.24. The van der Waals surface area contributed by atoms with Crippen LogP contribution in [0.3, 0.4) is 0 Å². The number of rotatable bonds is 5. The first-order chi connectivity index (χ1) is 15.3. The van der Waals surface area contributed by atoms with E-state index in [0.717, 1.165) is 11.4 Å². The number of nitrogens with one attached hydrogen (secondary N) is 1. The zero-order valence-corrected chi connectivity index (χ0v) is 18.7. The quantitative estimate of drug-likeness (QED) is 0.517. The van der Waals surface area contributed by atoms with Gasteiger partial charge in [-0.15, -0.1) is 5.10 Å². The van der Waals surface area contributed by atoms with Crippen molar-refractivity contribution < 1.29 is 9.53 Å². The summed E-state index contributed by atoms with van der Waals surface area (Å²) in [5, 5.41) is 15.9. The predicted molar refractivity (Wildman–Crippen MR) is 121 cm³/mol. The van der Waals surface area contributed by atoms with Crippen LogP contribution < -0.4 is 10.1 Å². The monoisotopic (exact) mass is 431 g/mol. The molecule has 0 aliphatic heterocycles. The summed E-state index contributed by atoms with van der Waals surface area (Å²) >= 11 is 0. The Hall–Kier alpha value is -4.01. The molecule has 0 radical (unpaired) electrons. The maximum absolute atomic E-state index is 13.1. The second-order valence-electron chi connectivity index (χ2n) is 8.36. The lowest BCUT2D eigenvalue weighted by Gasteiger charge is -2.13. The van der Waals surface area contributed by atoms with Gasteiger partial charge < -0.3 is 10.1 Å². The van der Waals surface area contributed by atoms with Crippen LogP contribution in [0.25, 0.3) is 11.5 Å². The molecular formula is C23H25N7O2. The Bertz CT molecular complexity index is 1250. The minimum atomic E-state index is -0.380. The number of ether oxygens (including phenoxy) is 1. The fourth-order valence-electron chi connectivity index (χ4n) is 3.19. The average molecular weight is 432 g/mol. The van der Waals surface area contributed by atoms with Crippen LogP contribution >= 0.6 is 0 Å². The number of benzene rings is 1. The van der Waals surface area contributed by atoms with Crippen molar-refractivity contribution in [2.45, 2.75) is 33.1 Å². The molecule has 0 aliphatic rings. The van der Waals surface area contributed by atoms with E-state index in [1.807, 2.05) is 48.5 Å². The van der Waals surface area contributed by atoms with Crippen LogP contribution in [0.1, 0.15) is 42.6 Å². The van der Waals surface area contributed by atoms with Gasteiger partial charge in [0.25, 0.3) is 5.91 Å². The van der Waals surface area contributed by atoms with Crippen LogP contribution in [-0.4, -0.2) is 42.8 Å². The highest BCUT2D eigenvalue weighted by Crippen LogP contribution is 2.26. The number of nitrogens with zero attached hydrogens (tertiary/aromatic N) is 6. The van der Waals surface area contributed by atoms with Gasteiger partial charge in [-0.3, -0.25) is 4.79 Å². The maximum Gasteiger partial charge on any atom is 0.279 e. The first-order valence-corrected chi connectivity index (χ1v) is 10.2. The number of carbonyl (C=O) groups is 1. The maximum atomic E-state index is 13.1. The molecule has 0 atom stereocenters. The first kappa shape index (κ1) is 21.2. The molecular weight excluding hydrogens is 406 g/mol. The van der Waals surface area contributed by atoms with Crippen LogP contribution in [0, 0.1) is 6.92 Å². The van der Waals surface area contributed by atoms with Crippen molar-refractivity contribution in [3.05, 3.63) is 71.8 Å². The molecule has 164 valence electrons. The number of amides is 1. The predicted octanol–water partition coefficient (Wildman–Crippen LogP) is 3.71. The molecule has 1 amide bonds. The number of anilines is 1. The lowest BCUT2D eigenvalue weighted by molar-refractivity contribution is 0.102. The summed E-state index contributed by atoms with van der Waals surface area (Å²) in [7, 11) is 1.60. The standard InChI is InChI=1S/C23H25N7O2/c1-15-21(26-28-29(15)16-9-8-10-17(13-16)32-5)22(31)25-20-14-18(23(2,3)4)27-30(20)19-11-6-7-12-24-19/h6-14H,1-5H3,(H,25,31). The SMILES string of the molecule is COc1cccc(-n2nnc(C(=O)Nc3cc(C(C)(C)C)nn3-c3ccccn3)c2C)c1. The Labute approximate surface area is 186 Å². The summed E-state index contributed by atoms with van der Waals surface area (Å²) in [5.74, 6) is 1.43. The van der Waals surface area contributed by atoms with E-state index < -0.39 is 0 Å². The van der Waals surface area contributed by atoms with Crippen molar-refractivity contribution in [3.8, 4) is 17.3 Å². The molecule has 4 rings (SSSR count). The van der Waals surface area contributed by atoms with Gasteiger partial charge in [0.1, 0.15) is 11.6 Å². The molecule has 4 aromatic rings. The fraction of sp³-hybridized carbons (Fsp3) is 0.261. The fourth-order valence-corrected chi connectivity index (χ4v) is 3.19. The number of hydrogen-bond donors (Lipinski definition) is 1. The molecule has 0 unspecified atom stereocenters. The Balaban J connectivity index is 1.68. The topological polar surface area (TPSA) is 99.7 Å². The van der Waals surface area contributed by atoms with Crippen molar-refractivity contribution in [1.29, 1.82) is 0 Å². The lowest BCUT2D eigenvalue weighted by Crippen LogP contribution is -2.17. The second-order valence-corrected chi connectivity index (χ2v) is 8.36. The van der Waals surface area contributed by atoms with Crippen molar-refractivity contribution in [2.75, 3.05) is 12.4 Å². The Morgan fingerprint density at radius 2 is 1.88 bits per heavy atom. The van der Waals surface area contributed by atoms with Gasteiger partial charge in [0, 0.05) is 23.7 Å². The highest BCUT2D eigenvalue weighted by atomic mass is 16.5. The number of methoxy groups -OCH3 is 1. The van der Waals surface area contributed by atoms with Crippen molar-refractivity contribution in [3.63, 3.8) is 0 Å².